The summed E-state index contributed by atoms with van der Waals surface area (Å²) in [5, 5.41) is 3.85. The quantitative estimate of drug-likeness (QED) is 0.855. The molecule has 1 aromatic carbocycles. The van der Waals surface area contributed by atoms with E-state index in [4.69, 9.17) is 16.3 Å². The van der Waals surface area contributed by atoms with Crippen molar-refractivity contribution in [2.45, 2.75) is 25.7 Å². The van der Waals surface area contributed by atoms with Crippen molar-refractivity contribution < 1.29 is 4.74 Å². The first kappa shape index (κ1) is 13.3. The van der Waals surface area contributed by atoms with Gasteiger partial charge in [0.2, 0.25) is 0 Å². The SMILES string of the molecule is CNCCC(C)(C)c1ccc(OC)c(Cl)c1. The molecular formula is C13H20ClNO. The van der Waals surface area contributed by atoms with E-state index in [0.29, 0.717) is 5.02 Å². The third-order valence-corrected chi connectivity index (χ3v) is 3.23. The summed E-state index contributed by atoms with van der Waals surface area (Å²) in [4.78, 5) is 0. The average molecular weight is 242 g/mol. The molecule has 0 spiro atoms. The van der Waals surface area contributed by atoms with Gasteiger partial charge in [0.1, 0.15) is 5.75 Å². The van der Waals surface area contributed by atoms with Crippen LogP contribution in [0.4, 0.5) is 0 Å². The molecule has 1 aromatic rings. The van der Waals surface area contributed by atoms with Gasteiger partial charge >= 0.3 is 0 Å². The Bertz CT molecular complexity index is 350. The maximum absolute atomic E-state index is 6.13. The number of benzene rings is 1. The Morgan fingerprint density at radius 2 is 2.06 bits per heavy atom. The van der Waals surface area contributed by atoms with Crippen LogP contribution in [0.1, 0.15) is 25.8 Å². The standard InChI is InChI=1S/C13H20ClNO/c1-13(2,7-8-15-3)10-5-6-12(16-4)11(14)9-10/h5-6,9,15H,7-8H2,1-4H3. The number of methoxy groups -OCH3 is 1. The van der Waals surface area contributed by atoms with Crippen LogP contribution in [0.15, 0.2) is 18.2 Å². The van der Waals surface area contributed by atoms with Crippen molar-refractivity contribution in [3.8, 4) is 5.75 Å². The normalized spacial score (nSPS) is 11.6. The lowest BCUT2D eigenvalue weighted by molar-refractivity contribution is 0.413. The van der Waals surface area contributed by atoms with E-state index in [2.05, 4.69) is 25.2 Å². The molecule has 0 unspecified atom stereocenters. The molecule has 0 atom stereocenters. The van der Waals surface area contributed by atoms with Gasteiger partial charge in [-0.1, -0.05) is 31.5 Å². The van der Waals surface area contributed by atoms with Crippen LogP contribution in [0.2, 0.25) is 5.02 Å². The molecule has 16 heavy (non-hydrogen) atoms. The van der Waals surface area contributed by atoms with Crippen molar-refractivity contribution in [3.63, 3.8) is 0 Å². The number of hydrogen-bond acceptors (Lipinski definition) is 2. The minimum atomic E-state index is 0.124. The van der Waals surface area contributed by atoms with Crippen molar-refractivity contribution in [2.75, 3.05) is 20.7 Å². The van der Waals surface area contributed by atoms with Crippen LogP contribution in [-0.4, -0.2) is 20.7 Å². The van der Waals surface area contributed by atoms with E-state index >= 15 is 0 Å². The van der Waals surface area contributed by atoms with Crippen LogP contribution in [0.5, 0.6) is 5.75 Å². The monoisotopic (exact) mass is 241 g/mol. The van der Waals surface area contributed by atoms with Gasteiger partial charge in [-0.25, -0.2) is 0 Å². The molecule has 0 aliphatic carbocycles. The van der Waals surface area contributed by atoms with Crippen LogP contribution in [-0.2, 0) is 5.41 Å². The van der Waals surface area contributed by atoms with Gasteiger partial charge < -0.3 is 10.1 Å². The van der Waals surface area contributed by atoms with Crippen molar-refractivity contribution in [1.29, 1.82) is 0 Å². The zero-order valence-corrected chi connectivity index (χ0v) is 11.2. The third kappa shape index (κ3) is 3.13. The van der Waals surface area contributed by atoms with Crippen molar-refractivity contribution in [3.05, 3.63) is 28.8 Å². The lowest BCUT2D eigenvalue weighted by Crippen LogP contribution is -2.23. The predicted molar refractivity (Wildman–Crippen MR) is 69.6 cm³/mol. The van der Waals surface area contributed by atoms with Gasteiger partial charge in [0.05, 0.1) is 12.1 Å². The number of nitrogens with one attached hydrogen (secondary N) is 1. The Labute approximate surface area is 103 Å². The summed E-state index contributed by atoms with van der Waals surface area (Å²) in [6, 6.07) is 6.01. The Morgan fingerprint density at radius 3 is 2.56 bits per heavy atom. The average Bonchev–Trinajstić information content (AvgIpc) is 2.26. The van der Waals surface area contributed by atoms with Gasteiger partial charge in [-0.2, -0.15) is 0 Å². The molecule has 0 saturated carbocycles. The molecule has 0 radical (unpaired) electrons. The zero-order chi connectivity index (χ0) is 12.2. The van der Waals surface area contributed by atoms with Gasteiger partial charge in [0.15, 0.2) is 0 Å². The number of hydrogen-bond donors (Lipinski definition) is 1. The lowest BCUT2D eigenvalue weighted by atomic mass is 9.81. The highest BCUT2D eigenvalue weighted by Crippen LogP contribution is 2.32. The highest BCUT2D eigenvalue weighted by molar-refractivity contribution is 6.32. The highest BCUT2D eigenvalue weighted by atomic mass is 35.5. The molecule has 0 aliphatic heterocycles. The smallest absolute Gasteiger partial charge is 0.137 e. The summed E-state index contributed by atoms with van der Waals surface area (Å²) >= 11 is 6.13. The fourth-order valence-electron chi connectivity index (χ4n) is 1.67. The second-order valence-corrected chi connectivity index (χ2v) is 4.99. The van der Waals surface area contributed by atoms with E-state index in [1.54, 1.807) is 7.11 Å². The van der Waals surface area contributed by atoms with Gasteiger partial charge in [0.25, 0.3) is 0 Å². The molecule has 0 aliphatic rings. The molecule has 90 valence electrons. The second kappa shape index (κ2) is 5.55. The van der Waals surface area contributed by atoms with E-state index in [-0.39, 0.29) is 5.41 Å². The summed E-state index contributed by atoms with van der Waals surface area (Å²) in [5.41, 5.74) is 1.37. The van der Waals surface area contributed by atoms with Gasteiger partial charge in [0, 0.05) is 0 Å². The molecule has 0 aromatic heterocycles. The summed E-state index contributed by atoms with van der Waals surface area (Å²) in [6.45, 7) is 5.45. The Balaban J connectivity index is 2.91. The van der Waals surface area contributed by atoms with E-state index in [1.165, 1.54) is 5.56 Å². The lowest BCUT2D eigenvalue weighted by Gasteiger charge is -2.25. The molecule has 1 rings (SSSR count). The molecular weight excluding hydrogens is 222 g/mol. The molecule has 0 bridgehead atoms. The highest BCUT2D eigenvalue weighted by Gasteiger charge is 2.20. The predicted octanol–water partition coefficient (Wildman–Crippen LogP) is 3.24. The minimum absolute atomic E-state index is 0.124. The van der Waals surface area contributed by atoms with Crippen LogP contribution >= 0.6 is 11.6 Å². The summed E-state index contributed by atoms with van der Waals surface area (Å²) in [5.74, 6) is 0.731. The third-order valence-electron chi connectivity index (χ3n) is 2.93. The summed E-state index contributed by atoms with van der Waals surface area (Å²) in [7, 11) is 3.60. The fourth-order valence-corrected chi connectivity index (χ4v) is 1.93. The first-order valence-electron chi connectivity index (χ1n) is 5.50. The van der Waals surface area contributed by atoms with Gasteiger partial charge in [-0.15, -0.1) is 0 Å². The maximum atomic E-state index is 6.13. The summed E-state index contributed by atoms with van der Waals surface area (Å²) < 4.78 is 5.15. The van der Waals surface area contributed by atoms with Crippen molar-refractivity contribution >= 4 is 11.6 Å². The minimum Gasteiger partial charge on any atom is -0.495 e. The van der Waals surface area contributed by atoms with Crippen LogP contribution in [0.25, 0.3) is 0 Å². The second-order valence-electron chi connectivity index (χ2n) is 4.59. The van der Waals surface area contributed by atoms with Crippen molar-refractivity contribution in [2.24, 2.45) is 0 Å². The first-order chi connectivity index (χ1) is 7.51. The largest absolute Gasteiger partial charge is 0.495 e. The van der Waals surface area contributed by atoms with Crippen LogP contribution < -0.4 is 10.1 Å². The molecule has 2 nitrogen and oxygen atoms in total. The van der Waals surface area contributed by atoms with E-state index in [9.17, 15) is 0 Å². The molecule has 0 amide bonds. The molecule has 0 fully saturated rings. The van der Waals surface area contributed by atoms with E-state index in [0.717, 1.165) is 18.7 Å². The van der Waals surface area contributed by atoms with E-state index < -0.39 is 0 Å². The van der Waals surface area contributed by atoms with Gasteiger partial charge in [-0.05, 0) is 43.1 Å². The molecule has 0 heterocycles. The van der Waals surface area contributed by atoms with Crippen LogP contribution in [0, 0.1) is 0 Å². The number of ether oxygens (including phenoxy) is 1. The summed E-state index contributed by atoms with van der Waals surface area (Å²) in [6.07, 6.45) is 1.08. The Hall–Kier alpha value is -0.730. The molecule has 3 heteroatoms. The fraction of sp³-hybridized carbons (Fsp3) is 0.538. The maximum Gasteiger partial charge on any atom is 0.137 e. The van der Waals surface area contributed by atoms with Crippen molar-refractivity contribution in [1.82, 2.24) is 5.32 Å². The topological polar surface area (TPSA) is 21.3 Å². The van der Waals surface area contributed by atoms with E-state index in [1.807, 2.05) is 19.2 Å². The zero-order valence-electron chi connectivity index (χ0n) is 10.4. The Morgan fingerprint density at radius 1 is 1.38 bits per heavy atom. The number of rotatable bonds is 5. The number of halogens is 1. The van der Waals surface area contributed by atoms with Gasteiger partial charge in [-0.3, -0.25) is 0 Å². The first-order valence-corrected chi connectivity index (χ1v) is 5.87. The molecule has 0 saturated heterocycles. The Kier molecular flexibility index (Phi) is 4.63. The van der Waals surface area contributed by atoms with Crippen LogP contribution in [0.3, 0.4) is 0 Å². The molecule has 1 N–H and O–H groups in total.